The zero-order valence-electron chi connectivity index (χ0n) is 15.0. The number of nitrogens with zero attached hydrogens (tertiary/aromatic N) is 3. The van der Waals surface area contributed by atoms with E-state index in [1.54, 1.807) is 31.2 Å². The van der Waals surface area contributed by atoms with E-state index in [0.717, 1.165) is 5.56 Å². The number of benzene rings is 2. The van der Waals surface area contributed by atoms with E-state index in [9.17, 15) is 17.6 Å². The predicted octanol–water partition coefficient (Wildman–Crippen LogP) is 1.33. The number of nitrogens with one attached hydrogen (secondary N) is 1. The third kappa shape index (κ3) is 4.41. The average Bonchev–Trinajstić information content (AvgIpc) is 3.03. The fourth-order valence-electron chi connectivity index (χ4n) is 2.62. The van der Waals surface area contributed by atoms with Crippen molar-refractivity contribution < 1.29 is 17.6 Å². The summed E-state index contributed by atoms with van der Waals surface area (Å²) in [6.45, 7) is 2.03. The van der Waals surface area contributed by atoms with Crippen LogP contribution in [0.5, 0.6) is 0 Å². The molecule has 0 aliphatic carbocycles. The van der Waals surface area contributed by atoms with Gasteiger partial charge in [-0.25, -0.2) is 22.6 Å². The van der Waals surface area contributed by atoms with E-state index in [1.165, 1.54) is 28.9 Å². The molecule has 0 aliphatic heterocycles. The number of halogens is 1. The molecule has 3 rings (SSSR count). The number of primary sulfonamides is 1. The maximum atomic E-state index is 13.1. The van der Waals surface area contributed by atoms with Gasteiger partial charge < -0.3 is 5.32 Å². The van der Waals surface area contributed by atoms with Gasteiger partial charge in [-0.1, -0.05) is 17.3 Å². The van der Waals surface area contributed by atoms with Gasteiger partial charge in [0.05, 0.1) is 16.3 Å². The Morgan fingerprint density at radius 2 is 1.79 bits per heavy atom. The van der Waals surface area contributed by atoms with E-state index in [1.807, 2.05) is 0 Å². The highest BCUT2D eigenvalue weighted by Gasteiger charge is 2.17. The maximum Gasteiger partial charge on any atom is 0.273 e. The number of nitrogens with two attached hydrogens (primary N) is 1. The molecule has 2 aromatic carbocycles. The van der Waals surface area contributed by atoms with Crippen LogP contribution in [-0.4, -0.2) is 35.9 Å². The van der Waals surface area contributed by atoms with Crippen LogP contribution in [0, 0.1) is 12.7 Å². The van der Waals surface area contributed by atoms with Gasteiger partial charge in [0.1, 0.15) is 5.82 Å². The van der Waals surface area contributed by atoms with E-state index in [4.69, 9.17) is 5.14 Å². The summed E-state index contributed by atoms with van der Waals surface area (Å²) >= 11 is 0. The Labute approximate surface area is 161 Å². The third-order valence-electron chi connectivity index (χ3n) is 4.13. The van der Waals surface area contributed by atoms with Gasteiger partial charge in [-0.05, 0) is 55.3 Å². The van der Waals surface area contributed by atoms with Crippen LogP contribution in [-0.2, 0) is 16.4 Å². The zero-order valence-corrected chi connectivity index (χ0v) is 15.8. The second-order valence-corrected chi connectivity index (χ2v) is 7.67. The molecule has 0 spiro atoms. The Bertz CT molecular complexity index is 1090. The molecule has 1 heterocycles. The summed E-state index contributed by atoms with van der Waals surface area (Å²) in [5, 5.41) is 15.7. The number of hydrogen-bond acceptors (Lipinski definition) is 5. The molecule has 0 radical (unpaired) electrons. The van der Waals surface area contributed by atoms with Gasteiger partial charge >= 0.3 is 0 Å². The van der Waals surface area contributed by atoms with Crippen LogP contribution in [0.4, 0.5) is 4.39 Å². The van der Waals surface area contributed by atoms with Crippen LogP contribution in [0.3, 0.4) is 0 Å². The normalized spacial score (nSPS) is 11.4. The minimum atomic E-state index is -3.73. The van der Waals surface area contributed by atoms with Crippen molar-refractivity contribution in [1.29, 1.82) is 0 Å². The molecule has 146 valence electrons. The van der Waals surface area contributed by atoms with Gasteiger partial charge in [-0.15, -0.1) is 5.10 Å². The molecule has 1 amide bonds. The van der Waals surface area contributed by atoms with E-state index in [0.29, 0.717) is 24.3 Å². The molecule has 0 aliphatic rings. The molecule has 10 heteroatoms. The summed E-state index contributed by atoms with van der Waals surface area (Å²) in [7, 11) is -3.73. The second kappa shape index (κ2) is 7.87. The van der Waals surface area contributed by atoms with Crippen LogP contribution in [0.25, 0.3) is 5.69 Å². The molecule has 0 atom stereocenters. The molecular weight excluding hydrogens is 385 g/mol. The number of carbonyl (C=O) groups is 1. The molecule has 1 aromatic heterocycles. The van der Waals surface area contributed by atoms with Crippen molar-refractivity contribution >= 4 is 15.9 Å². The van der Waals surface area contributed by atoms with Crippen molar-refractivity contribution in [3.8, 4) is 5.69 Å². The van der Waals surface area contributed by atoms with Crippen molar-refractivity contribution in [2.24, 2.45) is 5.14 Å². The summed E-state index contributed by atoms with van der Waals surface area (Å²) in [6.07, 6.45) is 0.502. The standard InChI is InChI=1S/C18H18FN5O3S/c1-12-17(22-23-24(12)15-6-4-14(19)5-7-15)18(25)21-11-10-13-2-8-16(9-3-13)28(20,26)27/h2-9H,10-11H2,1H3,(H,21,25)(H2,20,26,27). The molecule has 0 bridgehead atoms. The van der Waals surface area contributed by atoms with E-state index in [-0.39, 0.29) is 22.3 Å². The fraction of sp³-hybridized carbons (Fsp3) is 0.167. The van der Waals surface area contributed by atoms with E-state index < -0.39 is 10.0 Å². The highest BCUT2D eigenvalue weighted by molar-refractivity contribution is 7.89. The summed E-state index contributed by atoms with van der Waals surface area (Å²) in [5.74, 6) is -0.747. The first-order valence-corrected chi connectivity index (χ1v) is 9.88. The average molecular weight is 403 g/mol. The quantitative estimate of drug-likeness (QED) is 0.643. The maximum absolute atomic E-state index is 13.1. The van der Waals surface area contributed by atoms with E-state index >= 15 is 0 Å². The number of aromatic nitrogens is 3. The molecule has 0 unspecified atom stereocenters. The third-order valence-corrected chi connectivity index (χ3v) is 5.06. The summed E-state index contributed by atoms with van der Waals surface area (Å²) in [4.78, 5) is 12.4. The van der Waals surface area contributed by atoms with Crippen molar-refractivity contribution in [2.75, 3.05) is 6.54 Å². The second-order valence-electron chi connectivity index (χ2n) is 6.11. The zero-order chi connectivity index (χ0) is 20.3. The Hall–Kier alpha value is -3.11. The van der Waals surface area contributed by atoms with Crippen molar-refractivity contribution in [2.45, 2.75) is 18.2 Å². The summed E-state index contributed by atoms with van der Waals surface area (Å²) < 4.78 is 37.0. The Kier molecular flexibility index (Phi) is 5.52. The molecule has 3 N–H and O–H groups in total. The number of sulfonamides is 1. The van der Waals surface area contributed by atoms with Crippen molar-refractivity contribution in [1.82, 2.24) is 20.3 Å². The minimum absolute atomic E-state index is 0.0355. The molecule has 28 heavy (non-hydrogen) atoms. The highest BCUT2D eigenvalue weighted by atomic mass is 32.2. The summed E-state index contributed by atoms with van der Waals surface area (Å²) in [5.41, 5.74) is 2.15. The van der Waals surface area contributed by atoms with Crippen LogP contribution in [0.2, 0.25) is 0 Å². The predicted molar refractivity (Wildman–Crippen MR) is 99.9 cm³/mol. The molecule has 0 saturated heterocycles. The minimum Gasteiger partial charge on any atom is -0.350 e. The van der Waals surface area contributed by atoms with Gasteiger partial charge in [-0.3, -0.25) is 4.79 Å². The van der Waals surface area contributed by atoms with Gasteiger partial charge in [-0.2, -0.15) is 0 Å². The van der Waals surface area contributed by atoms with Crippen molar-refractivity contribution in [3.63, 3.8) is 0 Å². The Morgan fingerprint density at radius 1 is 1.14 bits per heavy atom. The van der Waals surface area contributed by atoms with Crippen LogP contribution in [0.1, 0.15) is 21.7 Å². The monoisotopic (exact) mass is 403 g/mol. The highest BCUT2D eigenvalue weighted by Crippen LogP contribution is 2.13. The lowest BCUT2D eigenvalue weighted by atomic mass is 10.1. The Morgan fingerprint density at radius 3 is 2.39 bits per heavy atom. The molecule has 8 nitrogen and oxygen atoms in total. The SMILES string of the molecule is Cc1c(C(=O)NCCc2ccc(S(N)(=O)=O)cc2)nnn1-c1ccc(F)cc1. The van der Waals surface area contributed by atoms with Gasteiger partial charge in [0.15, 0.2) is 5.69 Å². The molecule has 0 saturated carbocycles. The largest absolute Gasteiger partial charge is 0.350 e. The number of rotatable bonds is 6. The molecular formula is C18H18FN5O3S. The first kappa shape index (κ1) is 19.6. The smallest absolute Gasteiger partial charge is 0.273 e. The first-order chi connectivity index (χ1) is 13.3. The fourth-order valence-corrected chi connectivity index (χ4v) is 3.13. The lowest BCUT2D eigenvalue weighted by Gasteiger charge is -2.06. The van der Waals surface area contributed by atoms with Crippen LogP contribution < -0.4 is 10.5 Å². The number of amides is 1. The van der Waals surface area contributed by atoms with Crippen LogP contribution >= 0.6 is 0 Å². The number of hydrogen-bond donors (Lipinski definition) is 2. The molecule has 0 fully saturated rings. The van der Waals surface area contributed by atoms with Gasteiger partial charge in [0.25, 0.3) is 5.91 Å². The number of carbonyl (C=O) groups excluding carboxylic acids is 1. The lowest BCUT2D eigenvalue weighted by molar-refractivity contribution is 0.0948. The van der Waals surface area contributed by atoms with E-state index in [2.05, 4.69) is 15.6 Å². The lowest BCUT2D eigenvalue weighted by Crippen LogP contribution is -2.26. The van der Waals surface area contributed by atoms with Gasteiger partial charge in [0.2, 0.25) is 10.0 Å². The Balaban J connectivity index is 1.62. The topological polar surface area (TPSA) is 120 Å². The van der Waals surface area contributed by atoms with Crippen molar-refractivity contribution in [3.05, 3.63) is 71.3 Å². The summed E-state index contributed by atoms with van der Waals surface area (Å²) in [6, 6.07) is 11.8. The first-order valence-electron chi connectivity index (χ1n) is 8.34. The van der Waals surface area contributed by atoms with Crippen LogP contribution in [0.15, 0.2) is 53.4 Å². The molecule has 3 aromatic rings. The van der Waals surface area contributed by atoms with Gasteiger partial charge in [0, 0.05) is 6.54 Å².